The summed E-state index contributed by atoms with van der Waals surface area (Å²) in [5, 5.41) is 5.43. The maximum atomic E-state index is 13.4. The third kappa shape index (κ3) is 4.03. The van der Waals surface area contributed by atoms with Crippen LogP contribution in [0.1, 0.15) is 22.5 Å². The number of anilines is 1. The number of amides is 1. The van der Waals surface area contributed by atoms with E-state index in [1.54, 1.807) is 14.0 Å². The Balaban J connectivity index is 1.70. The number of aryl methyl sites for hydroxylation is 4. The molecule has 0 unspecified atom stereocenters. The molecule has 164 valence electrons. The summed E-state index contributed by atoms with van der Waals surface area (Å²) in [6.45, 7) is 7.61. The third-order valence-corrected chi connectivity index (χ3v) is 6.40. The lowest BCUT2D eigenvalue weighted by Crippen LogP contribution is -2.30. The third-order valence-electron chi connectivity index (χ3n) is 5.53. The summed E-state index contributed by atoms with van der Waals surface area (Å²) in [5.41, 5.74) is 5.41. The minimum Gasteiger partial charge on any atom is -0.497 e. The fraction of sp³-hybridized carbons (Fsp3) is 0.240. The van der Waals surface area contributed by atoms with Crippen LogP contribution in [0, 0.1) is 27.7 Å². The number of hydrogen-bond acceptors (Lipinski definition) is 5. The van der Waals surface area contributed by atoms with E-state index in [1.807, 2.05) is 62.5 Å². The summed E-state index contributed by atoms with van der Waals surface area (Å²) >= 11 is 1.43. The van der Waals surface area contributed by atoms with Crippen molar-refractivity contribution in [3.8, 4) is 16.9 Å². The van der Waals surface area contributed by atoms with Crippen LogP contribution in [0.2, 0.25) is 0 Å². The summed E-state index contributed by atoms with van der Waals surface area (Å²) in [6, 6.07) is 11.6. The van der Waals surface area contributed by atoms with Crippen molar-refractivity contribution in [1.29, 1.82) is 0 Å². The van der Waals surface area contributed by atoms with Crippen LogP contribution in [0.3, 0.4) is 0 Å². The van der Waals surface area contributed by atoms with Crippen LogP contribution < -0.4 is 15.6 Å². The van der Waals surface area contributed by atoms with Crippen LogP contribution in [0.15, 0.2) is 46.6 Å². The van der Waals surface area contributed by atoms with E-state index in [-0.39, 0.29) is 18.0 Å². The molecule has 32 heavy (non-hydrogen) atoms. The summed E-state index contributed by atoms with van der Waals surface area (Å²) in [6.07, 6.45) is 0. The van der Waals surface area contributed by atoms with Gasteiger partial charge in [-0.3, -0.25) is 14.2 Å². The number of carbonyl (C=O) groups excluding carboxylic acids is 1. The number of nitrogens with one attached hydrogen (secondary N) is 1. The smallest absolute Gasteiger partial charge is 0.263 e. The van der Waals surface area contributed by atoms with Crippen molar-refractivity contribution in [1.82, 2.24) is 9.55 Å². The second-order valence-electron chi connectivity index (χ2n) is 7.93. The van der Waals surface area contributed by atoms with Crippen LogP contribution in [0.5, 0.6) is 5.75 Å². The number of carbonyl (C=O) groups is 1. The molecule has 0 fully saturated rings. The van der Waals surface area contributed by atoms with Crippen molar-refractivity contribution in [2.75, 3.05) is 12.4 Å². The van der Waals surface area contributed by atoms with E-state index in [0.717, 1.165) is 39.3 Å². The molecule has 0 atom stereocenters. The van der Waals surface area contributed by atoms with E-state index in [2.05, 4.69) is 10.3 Å². The molecule has 2 heterocycles. The molecular formula is C25H25N3O3S. The van der Waals surface area contributed by atoms with Gasteiger partial charge in [0.2, 0.25) is 5.91 Å². The molecule has 4 rings (SSSR count). The largest absolute Gasteiger partial charge is 0.497 e. The summed E-state index contributed by atoms with van der Waals surface area (Å²) < 4.78 is 6.67. The van der Waals surface area contributed by atoms with Gasteiger partial charge in [0, 0.05) is 16.6 Å². The normalized spacial score (nSPS) is 11.0. The monoisotopic (exact) mass is 447 g/mol. The fourth-order valence-corrected chi connectivity index (χ4v) is 4.98. The molecule has 0 aliphatic heterocycles. The highest BCUT2D eigenvalue weighted by atomic mass is 32.1. The average molecular weight is 448 g/mol. The molecule has 0 aliphatic carbocycles. The van der Waals surface area contributed by atoms with E-state index in [4.69, 9.17) is 4.74 Å². The second kappa shape index (κ2) is 8.59. The predicted molar refractivity (Wildman–Crippen MR) is 130 cm³/mol. The van der Waals surface area contributed by atoms with Crippen molar-refractivity contribution < 1.29 is 9.53 Å². The van der Waals surface area contributed by atoms with Gasteiger partial charge in [-0.1, -0.05) is 29.8 Å². The minimum absolute atomic E-state index is 0.0989. The zero-order valence-electron chi connectivity index (χ0n) is 18.8. The summed E-state index contributed by atoms with van der Waals surface area (Å²) in [4.78, 5) is 31.6. The Kier molecular flexibility index (Phi) is 5.84. The van der Waals surface area contributed by atoms with Gasteiger partial charge in [-0.05, 0) is 56.5 Å². The number of aromatic nitrogens is 2. The van der Waals surface area contributed by atoms with Crippen molar-refractivity contribution in [2.24, 2.45) is 0 Å². The first-order valence-corrected chi connectivity index (χ1v) is 11.2. The fourth-order valence-electron chi connectivity index (χ4n) is 3.99. The standard InChI is InChI=1S/C25H25N3O3S/c1-14-10-15(2)23(16(3)11-14)27-21(29)12-28-17(4)26-24-22(25(28)30)20(13-32-24)18-6-8-19(31-5)9-7-18/h6-11,13H,12H2,1-5H3,(H,27,29). The first-order chi connectivity index (χ1) is 15.3. The van der Waals surface area contributed by atoms with E-state index in [9.17, 15) is 9.59 Å². The van der Waals surface area contributed by atoms with Gasteiger partial charge in [0.25, 0.3) is 5.56 Å². The molecule has 4 aromatic rings. The Morgan fingerprint density at radius 2 is 1.75 bits per heavy atom. The molecular weight excluding hydrogens is 422 g/mol. The van der Waals surface area contributed by atoms with Crippen molar-refractivity contribution in [3.05, 3.63) is 74.6 Å². The number of rotatable bonds is 5. The Labute approximate surface area is 190 Å². The van der Waals surface area contributed by atoms with Gasteiger partial charge in [0.15, 0.2) is 0 Å². The zero-order chi connectivity index (χ0) is 23.0. The maximum absolute atomic E-state index is 13.4. The van der Waals surface area contributed by atoms with Gasteiger partial charge in [-0.25, -0.2) is 4.98 Å². The van der Waals surface area contributed by atoms with Crippen LogP contribution in [-0.4, -0.2) is 22.6 Å². The SMILES string of the molecule is COc1ccc(-c2csc3nc(C)n(CC(=O)Nc4c(C)cc(C)cc4C)c(=O)c23)cc1. The van der Waals surface area contributed by atoms with Gasteiger partial charge >= 0.3 is 0 Å². The zero-order valence-corrected chi connectivity index (χ0v) is 19.6. The number of thiophene rings is 1. The number of nitrogens with zero attached hydrogens (tertiary/aromatic N) is 2. The molecule has 0 saturated carbocycles. The lowest BCUT2D eigenvalue weighted by atomic mass is 10.1. The van der Waals surface area contributed by atoms with E-state index in [0.29, 0.717) is 16.0 Å². The molecule has 0 aliphatic rings. The minimum atomic E-state index is -0.257. The van der Waals surface area contributed by atoms with Gasteiger partial charge in [-0.15, -0.1) is 11.3 Å². The molecule has 0 saturated heterocycles. The lowest BCUT2D eigenvalue weighted by molar-refractivity contribution is -0.116. The number of hydrogen-bond donors (Lipinski definition) is 1. The van der Waals surface area contributed by atoms with Gasteiger partial charge in [-0.2, -0.15) is 0 Å². The number of benzene rings is 2. The first kappa shape index (κ1) is 21.8. The van der Waals surface area contributed by atoms with Crippen LogP contribution in [0.4, 0.5) is 5.69 Å². The molecule has 6 nitrogen and oxygen atoms in total. The van der Waals surface area contributed by atoms with Crippen molar-refractivity contribution in [3.63, 3.8) is 0 Å². The van der Waals surface area contributed by atoms with E-state index in [1.165, 1.54) is 15.9 Å². The van der Waals surface area contributed by atoms with Gasteiger partial charge in [0.1, 0.15) is 22.9 Å². The van der Waals surface area contributed by atoms with Crippen molar-refractivity contribution in [2.45, 2.75) is 34.2 Å². The lowest BCUT2D eigenvalue weighted by Gasteiger charge is -2.14. The Hall–Kier alpha value is -3.45. The highest BCUT2D eigenvalue weighted by Crippen LogP contribution is 2.32. The predicted octanol–water partition coefficient (Wildman–Crippen LogP) is 5.01. The molecule has 1 N–H and O–H groups in total. The molecule has 1 amide bonds. The van der Waals surface area contributed by atoms with Gasteiger partial charge in [0.05, 0.1) is 12.5 Å². The quantitative estimate of drug-likeness (QED) is 0.467. The summed E-state index contributed by atoms with van der Waals surface area (Å²) in [7, 11) is 1.62. The number of methoxy groups -OCH3 is 1. The topological polar surface area (TPSA) is 73.2 Å². The van der Waals surface area contributed by atoms with E-state index >= 15 is 0 Å². The van der Waals surface area contributed by atoms with Gasteiger partial charge < -0.3 is 10.1 Å². The van der Waals surface area contributed by atoms with Crippen LogP contribution in [0.25, 0.3) is 21.3 Å². The molecule has 7 heteroatoms. The highest BCUT2D eigenvalue weighted by Gasteiger charge is 2.18. The van der Waals surface area contributed by atoms with E-state index < -0.39 is 0 Å². The Morgan fingerprint density at radius 1 is 1.09 bits per heavy atom. The Bertz CT molecular complexity index is 1360. The number of ether oxygens (including phenoxy) is 1. The number of fused-ring (bicyclic) bond motifs is 1. The molecule has 0 radical (unpaired) electrons. The second-order valence-corrected chi connectivity index (χ2v) is 8.79. The van der Waals surface area contributed by atoms with Crippen molar-refractivity contribution >= 4 is 33.1 Å². The molecule has 0 bridgehead atoms. The highest BCUT2D eigenvalue weighted by molar-refractivity contribution is 7.17. The molecule has 2 aromatic carbocycles. The maximum Gasteiger partial charge on any atom is 0.263 e. The summed E-state index contributed by atoms with van der Waals surface area (Å²) in [5.74, 6) is 1.00. The van der Waals surface area contributed by atoms with Crippen LogP contribution >= 0.6 is 11.3 Å². The molecule has 2 aromatic heterocycles. The first-order valence-electron chi connectivity index (χ1n) is 10.3. The molecule has 0 spiro atoms. The average Bonchev–Trinajstić information content (AvgIpc) is 3.17. The van der Waals surface area contributed by atoms with Crippen LogP contribution in [-0.2, 0) is 11.3 Å². The Morgan fingerprint density at radius 3 is 2.38 bits per heavy atom.